The van der Waals surface area contributed by atoms with Crippen LogP contribution in [0.25, 0.3) is 0 Å². The summed E-state index contributed by atoms with van der Waals surface area (Å²) >= 11 is 0. The first-order chi connectivity index (χ1) is 5.74. The Morgan fingerprint density at radius 3 is 2.42 bits per heavy atom. The number of hydrogen-bond donors (Lipinski definition) is 1. The van der Waals surface area contributed by atoms with Crippen molar-refractivity contribution in [2.75, 3.05) is 0 Å². The zero-order valence-electron chi connectivity index (χ0n) is 8.55. The SMILES string of the molecule is [CH2]CC(O)CC(CC)CCCC. The van der Waals surface area contributed by atoms with Crippen molar-refractivity contribution in [3.8, 4) is 0 Å². The lowest BCUT2D eigenvalue weighted by atomic mass is 9.92. The van der Waals surface area contributed by atoms with Gasteiger partial charge in [0.2, 0.25) is 0 Å². The summed E-state index contributed by atoms with van der Waals surface area (Å²) in [6.07, 6.45) is 6.44. The Labute approximate surface area is 77.2 Å². The molecule has 2 unspecified atom stereocenters. The second-order valence-electron chi connectivity index (χ2n) is 3.59. The van der Waals surface area contributed by atoms with Crippen molar-refractivity contribution in [2.45, 2.75) is 58.5 Å². The van der Waals surface area contributed by atoms with Gasteiger partial charge in [-0.05, 0) is 18.8 Å². The summed E-state index contributed by atoms with van der Waals surface area (Å²) in [5, 5.41) is 9.40. The number of aliphatic hydroxyl groups excluding tert-OH is 1. The molecule has 0 aromatic rings. The predicted molar refractivity (Wildman–Crippen MR) is 53.9 cm³/mol. The fourth-order valence-electron chi connectivity index (χ4n) is 1.48. The lowest BCUT2D eigenvalue weighted by molar-refractivity contribution is 0.139. The molecule has 12 heavy (non-hydrogen) atoms. The van der Waals surface area contributed by atoms with Gasteiger partial charge in [-0.3, -0.25) is 0 Å². The highest BCUT2D eigenvalue weighted by atomic mass is 16.3. The van der Waals surface area contributed by atoms with Crippen LogP contribution in [0.3, 0.4) is 0 Å². The van der Waals surface area contributed by atoms with Gasteiger partial charge < -0.3 is 5.11 Å². The van der Waals surface area contributed by atoms with Gasteiger partial charge in [0.15, 0.2) is 0 Å². The Morgan fingerprint density at radius 1 is 1.33 bits per heavy atom. The van der Waals surface area contributed by atoms with E-state index in [0.29, 0.717) is 12.3 Å². The van der Waals surface area contributed by atoms with E-state index in [0.717, 1.165) is 6.42 Å². The van der Waals surface area contributed by atoms with Gasteiger partial charge in [0.25, 0.3) is 0 Å². The molecule has 73 valence electrons. The zero-order chi connectivity index (χ0) is 9.40. The third-order valence-corrected chi connectivity index (χ3v) is 2.48. The minimum absolute atomic E-state index is 0.174. The Morgan fingerprint density at radius 2 is 2.00 bits per heavy atom. The van der Waals surface area contributed by atoms with Crippen LogP contribution in [0.4, 0.5) is 0 Å². The molecule has 2 atom stereocenters. The molecule has 0 saturated carbocycles. The molecule has 0 amide bonds. The van der Waals surface area contributed by atoms with Gasteiger partial charge >= 0.3 is 0 Å². The Hall–Kier alpha value is -0.0400. The highest BCUT2D eigenvalue weighted by Gasteiger charge is 2.10. The minimum Gasteiger partial charge on any atom is -0.393 e. The third kappa shape index (κ3) is 5.59. The molecule has 0 spiro atoms. The van der Waals surface area contributed by atoms with Crippen molar-refractivity contribution < 1.29 is 5.11 Å². The largest absolute Gasteiger partial charge is 0.393 e. The molecule has 1 nitrogen and oxygen atoms in total. The van der Waals surface area contributed by atoms with Crippen molar-refractivity contribution in [1.29, 1.82) is 0 Å². The standard InChI is InChI=1S/C11H23O/c1-4-7-8-10(5-2)9-11(12)6-3/h10-12H,3-9H2,1-2H3. The Bertz CT molecular complexity index is 91.0. The monoisotopic (exact) mass is 171 g/mol. The van der Waals surface area contributed by atoms with Crippen LogP contribution >= 0.6 is 0 Å². The van der Waals surface area contributed by atoms with Crippen LogP contribution in [0.5, 0.6) is 0 Å². The molecule has 0 aromatic heterocycles. The average Bonchev–Trinajstić information content (AvgIpc) is 2.11. The summed E-state index contributed by atoms with van der Waals surface area (Å²) in [4.78, 5) is 0. The zero-order valence-corrected chi connectivity index (χ0v) is 8.55. The van der Waals surface area contributed by atoms with Crippen LogP contribution in [-0.2, 0) is 0 Å². The first-order valence-corrected chi connectivity index (χ1v) is 5.21. The topological polar surface area (TPSA) is 20.2 Å². The van der Waals surface area contributed by atoms with Crippen molar-refractivity contribution >= 4 is 0 Å². The lowest BCUT2D eigenvalue weighted by Crippen LogP contribution is -2.12. The first-order valence-electron chi connectivity index (χ1n) is 5.21. The number of unbranched alkanes of at least 4 members (excludes halogenated alkanes) is 1. The van der Waals surface area contributed by atoms with Gasteiger partial charge in [0.05, 0.1) is 6.10 Å². The quantitative estimate of drug-likeness (QED) is 0.623. The highest BCUT2D eigenvalue weighted by molar-refractivity contribution is 4.65. The fourth-order valence-corrected chi connectivity index (χ4v) is 1.48. The average molecular weight is 171 g/mol. The van der Waals surface area contributed by atoms with Gasteiger partial charge in [-0.1, -0.05) is 46.5 Å². The molecule has 0 heterocycles. The molecule has 0 saturated heterocycles. The normalized spacial score (nSPS) is 16.0. The predicted octanol–water partition coefficient (Wildman–Crippen LogP) is 3.18. The van der Waals surface area contributed by atoms with Crippen molar-refractivity contribution in [1.82, 2.24) is 0 Å². The van der Waals surface area contributed by atoms with Crippen LogP contribution in [0.15, 0.2) is 0 Å². The van der Waals surface area contributed by atoms with Gasteiger partial charge in [-0.15, -0.1) is 0 Å². The molecule has 0 aromatic carbocycles. The Kier molecular flexibility index (Phi) is 7.58. The maximum Gasteiger partial charge on any atom is 0.0542 e. The van der Waals surface area contributed by atoms with Crippen LogP contribution < -0.4 is 0 Å². The maximum atomic E-state index is 9.40. The second-order valence-corrected chi connectivity index (χ2v) is 3.59. The van der Waals surface area contributed by atoms with E-state index in [1.807, 2.05) is 0 Å². The van der Waals surface area contributed by atoms with E-state index in [9.17, 15) is 5.11 Å². The molecule has 0 aliphatic carbocycles. The van der Waals surface area contributed by atoms with Gasteiger partial charge in [-0.25, -0.2) is 0 Å². The fraction of sp³-hybridized carbons (Fsp3) is 0.909. The number of hydrogen-bond acceptors (Lipinski definition) is 1. The molecular weight excluding hydrogens is 148 g/mol. The number of rotatable bonds is 7. The van der Waals surface area contributed by atoms with Crippen molar-refractivity contribution in [2.24, 2.45) is 5.92 Å². The second kappa shape index (κ2) is 7.60. The van der Waals surface area contributed by atoms with E-state index in [-0.39, 0.29) is 6.10 Å². The molecule has 0 aliphatic rings. The molecule has 0 fully saturated rings. The van der Waals surface area contributed by atoms with Crippen LogP contribution in [-0.4, -0.2) is 11.2 Å². The summed E-state index contributed by atoms with van der Waals surface area (Å²) in [5.74, 6) is 0.710. The van der Waals surface area contributed by atoms with Gasteiger partial charge in [0.1, 0.15) is 0 Å². The number of aliphatic hydroxyl groups is 1. The van der Waals surface area contributed by atoms with Crippen molar-refractivity contribution in [3.05, 3.63) is 6.92 Å². The molecule has 1 radical (unpaired) electrons. The summed E-state index contributed by atoms with van der Waals surface area (Å²) in [5.41, 5.74) is 0. The maximum absolute atomic E-state index is 9.40. The van der Waals surface area contributed by atoms with E-state index in [4.69, 9.17) is 0 Å². The van der Waals surface area contributed by atoms with Crippen LogP contribution in [0, 0.1) is 12.8 Å². The summed E-state index contributed by atoms with van der Waals surface area (Å²) in [7, 11) is 0. The third-order valence-electron chi connectivity index (χ3n) is 2.48. The minimum atomic E-state index is -0.174. The Balaban J connectivity index is 3.51. The van der Waals surface area contributed by atoms with Gasteiger partial charge in [-0.2, -0.15) is 0 Å². The first kappa shape index (κ1) is 12.0. The van der Waals surface area contributed by atoms with E-state index in [1.54, 1.807) is 0 Å². The summed E-state index contributed by atoms with van der Waals surface area (Å²) in [6, 6.07) is 0. The molecule has 0 aliphatic heterocycles. The highest BCUT2D eigenvalue weighted by Crippen LogP contribution is 2.19. The molecular formula is C11H23O. The van der Waals surface area contributed by atoms with Gasteiger partial charge in [0, 0.05) is 0 Å². The van der Waals surface area contributed by atoms with Crippen molar-refractivity contribution in [3.63, 3.8) is 0 Å². The molecule has 1 heteroatoms. The summed E-state index contributed by atoms with van der Waals surface area (Å²) in [6.45, 7) is 8.12. The molecule has 0 rings (SSSR count). The van der Waals surface area contributed by atoms with E-state index < -0.39 is 0 Å². The van der Waals surface area contributed by atoms with Crippen LogP contribution in [0.1, 0.15) is 52.4 Å². The van der Waals surface area contributed by atoms with Crippen LogP contribution in [0.2, 0.25) is 0 Å². The van der Waals surface area contributed by atoms with E-state index in [2.05, 4.69) is 20.8 Å². The molecule has 0 bridgehead atoms. The summed E-state index contributed by atoms with van der Waals surface area (Å²) < 4.78 is 0. The molecule has 1 N–H and O–H groups in total. The van der Waals surface area contributed by atoms with E-state index >= 15 is 0 Å². The van der Waals surface area contributed by atoms with E-state index in [1.165, 1.54) is 25.7 Å². The lowest BCUT2D eigenvalue weighted by Gasteiger charge is -2.17. The smallest absolute Gasteiger partial charge is 0.0542 e.